The number of benzene rings is 1. The van der Waals surface area contributed by atoms with Crippen LogP contribution in [-0.4, -0.2) is 40.9 Å². The zero-order valence-electron chi connectivity index (χ0n) is 14.5. The van der Waals surface area contributed by atoms with Gasteiger partial charge in [0, 0.05) is 13.0 Å². The van der Waals surface area contributed by atoms with Crippen LogP contribution in [0.25, 0.3) is 0 Å². The van der Waals surface area contributed by atoms with Gasteiger partial charge < -0.3 is 15.3 Å². The second kappa shape index (κ2) is 9.70. The molecule has 0 saturated carbocycles. The van der Waals surface area contributed by atoms with Gasteiger partial charge in [0.05, 0.1) is 0 Å². The van der Waals surface area contributed by atoms with Crippen molar-refractivity contribution in [2.24, 2.45) is 5.92 Å². The average Bonchev–Trinajstić information content (AvgIpc) is 2.51. The summed E-state index contributed by atoms with van der Waals surface area (Å²) in [5.41, 5.74) is 0.645. The van der Waals surface area contributed by atoms with Crippen molar-refractivity contribution in [3.05, 3.63) is 35.9 Å². The summed E-state index contributed by atoms with van der Waals surface area (Å²) < 4.78 is 0. The topological polar surface area (TPSA) is 86.7 Å². The van der Waals surface area contributed by atoms with Crippen molar-refractivity contribution in [2.45, 2.75) is 39.7 Å². The van der Waals surface area contributed by atoms with Gasteiger partial charge >= 0.3 is 5.97 Å². The van der Waals surface area contributed by atoms with Crippen molar-refractivity contribution < 1.29 is 19.5 Å². The normalized spacial score (nSPS) is 11.8. The molecule has 0 spiro atoms. The van der Waals surface area contributed by atoms with Crippen LogP contribution < -0.4 is 5.32 Å². The van der Waals surface area contributed by atoms with Crippen molar-refractivity contribution in [3.63, 3.8) is 0 Å². The maximum absolute atomic E-state index is 12.8. The van der Waals surface area contributed by atoms with Crippen LogP contribution >= 0.6 is 0 Å². The Labute approximate surface area is 142 Å². The van der Waals surface area contributed by atoms with Crippen LogP contribution in [0, 0.1) is 5.92 Å². The Balaban J connectivity index is 3.04. The van der Waals surface area contributed by atoms with Crippen molar-refractivity contribution in [1.29, 1.82) is 0 Å². The first-order valence-corrected chi connectivity index (χ1v) is 8.20. The molecule has 0 aliphatic carbocycles. The van der Waals surface area contributed by atoms with E-state index < -0.39 is 17.9 Å². The summed E-state index contributed by atoms with van der Waals surface area (Å²) in [6.07, 6.45) is 0.948. The predicted molar refractivity (Wildman–Crippen MR) is 91.3 cm³/mol. The summed E-state index contributed by atoms with van der Waals surface area (Å²) in [5, 5.41) is 11.8. The molecule has 1 atom stereocenters. The Morgan fingerprint density at radius 1 is 1.17 bits per heavy atom. The van der Waals surface area contributed by atoms with E-state index in [9.17, 15) is 14.4 Å². The Hall–Kier alpha value is -2.37. The van der Waals surface area contributed by atoms with Gasteiger partial charge in [-0.05, 0) is 17.9 Å². The zero-order valence-corrected chi connectivity index (χ0v) is 14.5. The molecule has 0 aliphatic rings. The molecule has 2 N–H and O–H groups in total. The van der Waals surface area contributed by atoms with Crippen molar-refractivity contribution in [3.8, 4) is 0 Å². The lowest BCUT2D eigenvalue weighted by Gasteiger charge is -2.27. The fourth-order valence-electron chi connectivity index (χ4n) is 2.41. The van der Waals surface area contributed by atoms with E-state index in [1.807, 2.05) is 26.8 Å². The van der Waals surface area contributed by atoms with E-state index >= 15 is 0 Å². The highest BCUT2D eigenvalue weighted by molar-refractivity contribution is 5.90. The highest BCUT2D eigenvalue weighted by Crippen LogP contribution is 2.17. The number of hydrogen-bond acceptors (Lipinski definition) is 3. The SMILES string of the molecule is CCCN(CC(=O)O)C(=O)C(NC(=O)CC(C)C)c1ccccc1. The molecule has 6 nitrogen and oxygen atoms in total. The van der Waals surface area contributed by atoms with E-state index in [2.05, 4.69) is 5.32 Å². The molecule has 0 bridgehead atoms. The second-order valence-electron chi connectivity index (χ2n) is 6.16. The van der Waals surface area contributed by atoms with Crippen molar-refractivity contribution in [1.82, 2.24) is 10.2 Å². The van der Waals surface area contributed by atoms with Crippen LogP contribution in [0.3, 0.4) is 0 Å². The Morgan fingerprint density at radius 2 is 1.79 bits per heavy atom. The maximum atomic E-state index is 12.8. The Bertz CT molecular complexity index is 557. The summed E-state index contributed by atoms with van der Waals surface area (Å²) in [6, 6.07) is 8.02. The van der Waals surface area contributed by atoms with E-state index in [-0.39, 0.29) is 18.4 Å². The fourth-order valence-corrected chi connectivity index (χ4v) is 2.41. The van der Waals surface area contributed by atoms with Gasteiger partial charge in [-0.1, -0.05) is 51.1 Å². The molecule has 0 heterocycles. The van der Waals surface area contributed by atoms with Gasteiger partial charge in [0.25, 0.3) is 0 Å². The van der Waals surface area contributed by atoms with Crippen LogP contribution in [0.4, 0.5) is 0 Å². The van der Waals surface area contributed by atoms with Gasteiger partial charge in [-0.15, -0.1) is 0 Å². The largest absolute Gasteiger partial charge is 0.480 e. The van der Waals surface area contributed by atoms with Gasteiger partial charge in [-0.2, -0.15) is 0 Å². The first kappa shape index (κ1) is 19.7. The van der Waals surface area contributed by atoms with Gasteiger partial charge in [-0.25, -0.2) is 0 Å². The molecule has 6 heteroatoms. The van der Waals surface area contributed by atoms with Gasteiger partial charge in [0.15, 0.2) is 0 Å². The maximum Gasteiger partial charge on any atom is 0.323 e. The van der Waals surface area contributed by atoms with Gasteiger partial charge in [0.1, 0.15) is 12.6 Å². The Kier molecular flexibility index (Phi) is 7.95. The number of nitrogens with zero attached hydrogens (tertiary/aromatic N) is 1. The first-order valence-electron chi connectivity index (χ1n) is 8.20. The summed E-state index contributed by atoms with van der Waals surface area (Å²) in [6.45, 7) is 5.67. The third-order valence-electron chi connectivity index (χ3n) is 3.41. The van der Waals surface area contributed by atoms with Crippen molar-refractivity contribution in [2.75, 3.05) is 13.1 Å². The molecule has 1 unspecified atom stereocenters. The van der Waals surface area contributed by atoms with Gasteiger partial charge in [-0.3, -0.25) is 14.4 Å². The molecule has 2 amide bonds. The molecule has 1 rings (SSSR count). The zero-order chi connectivity index (χ0) is 18.1. The third-order valence-corrected chi connectivity index (χ3v) is 3.41. The highest BCUT2D eigenvalue weighted by atomic mass is 16.4. The minimum Gasteiger partial charge on any atom is -0.480 e. The van der Waals surface area contributed by atoms with Crippen LogP contribution in [0.2, 0.25) is 0 Å². The van der Waals surface area contributed by atoms with E-state index in [1.165, 1.54) is 4.90 Å². The van der Waals surface area contributed by atoms with Crippen LogP contribution in [0.15, 0.2) is 30.3 Å². The van der Waals surface area contributed by atoms with E-state index in [1.54, 1.807) is 24.3 Å². The highest BCUT2D eigenvalue weighted by Gasteiger charge is 2.28. The molecular weight excluding hydrogens is 308 g/mol. The van der Waals surface area contributed by atoms with E-state index in [0.29, 0.717) is 24.9 Å². The smallest absolute Gasteiger partial charge is 0.323 e. The molecule has 1 aromatic carbocycles. The molecule has 0 radical (unpaired) electrons. The molecule has 1 aromatic rings. The lowest BCUT2D eigenvalue weighted by molar-refractivity contribution is -0.146. The average molecular weight is 334 g/mol. The first-order chi connectivity index (χ1) is 11.3. The molecule has 132 valence electrons. The predicted octanol–water partition coefficient (Wildman–Crippen LogP) is 2.21. The quantitative estimate of drug-likeness (QED) is 0.725. The number of carboxylic acid groups (broad SMARTS) is 1. The molecule has 0 saturated heterocycles. The lowest BCUT2D eigenvalue weighted by atomic mass is 10.0. The summed E-state index contributed by atoms with van der Waals surface area (Å²) in [5.74, 6) is -1.53. The molecule has 0 aromatic heterocycles. The van der Waals surface area contributed by atoms with Crippen LogP contribution in [0.1, 0.15) is 45.2 Å². The summed E-state index contributed by atoms with van der Waals surface area (Å²) in [7, 11) is 0. The number of rotatable bonds is 9. The minimum atomic E-state index is -1.07. The number of aliphatic carboxylic acids is 1. The Morgan fingerprint density at radius 3 is 2.29 bits per heavy atom. The monoisotopic (exact) mass is 334 g/mol. The molecule has 0 aliphatic heterocycles. The van der Waals surface area contributed by atoms with Crippen LogP contribution in [-0.2, 0) is 14.4 Å². The second-order valence-corrected chi connectivity index (χ2v) is 6.16. The fraction of sp³-hybridized carbons (Fsp3) is 0.500. The number of carbonyl (C=O) groups excluding carboxylic acids is 2. The minimum absolute atomic E-state index is 0.169. The number of amides is 2. The van der Waals surface area contributed by atoms with Crippen LogP contribution in [0.5, 0.6) is 0 Å². The molecular formula is C18H26N2O4. The van der Waals surface area contributed by atoms with Gasteiger partial charge in [0.2, 0.25) is 11.8 Å². The summed E-state index contributed by atoms with van der Waals surface area (Å²) in [4.78, 5) is 37.3. The number of nitrogens with one attached hydrogen (secondary N) is 1. The van der Waals surface area contributed by atoms with Crippen molar-refractivity contribution >= 4 is 17.8 Å². The standard InChI is InChI=1S/C18H26N2O4/c1-4-10-20(12-16(22)23)18(24)17(14-8-6-5-7-9-14)19-15(21)11-13(2)3/h5-9,13,17H,4,10-12H2,1-3H3,(H,19,21)(H,22,23). The summed E-state index contributed by atoms with van der Waals surface area (Å²) >= 11 is 0. The lowest BCUT2D eigenvalue weighted by Crippen LogP contribution is -2.45. The number of hydrogen-bond donors (Lipinski definition) is 2. The third kappa shape index (κ3) is 6.40. The van der Waals surface area contributed by atoms with E-state index in [0.717, 1.165) is 0 Å². The van der Waals surface area contributed by atoms with E-state index in [4.69, 9.17) is 5.11 Å². The molecule has 24 heavy (non-hydrogen) atoms. The number of carbonyl (C=O) groups is 3. The molecule has 0 fully saturated rings. The number of carboxylic acids is 1.